The molecule has 0 saturated heterocycles. The van der Waals surface area contributed by atoms with Crippen molar-refractivity contribution in [2.24, 2.45) is 5.92 Å². The lowest BCUT2D eigenvalue weighted by Gasteiger charge is -2.36. The van der Waals surface area contributed by atoms with Crippen molar-refractivity contribution in [2.75, 3.05) is 7.05 Å². The van der Waals surface area contributed by atoms with Crippen molar-refractivity contribution in [3.63, 3.8) is 0 Å². The highest BCUT2D eigenvalue weighted by Crippen LogP contribution is 2.24. The summed E-state index contributed by atoms with van der Waals surface area (Å²) >= 11 is 0. The molecular weight excluding hydrogens is 276 g/mol. The van der Waals surface area contributed by atoms with Gasteiger partial charge in [-0.3, -0.25) is 0 Å². The third-order valence-electron chi connectivity index (χ3n) is 4.27. The maximum absolute atomic E-state index is 12.1. The number of amides is 1. The molecule has 1 amide bonds. The van der Waals surface area contributed by atoms with Crippen molar-refractivity contribution < 1.29 is 9.53 Å². The first-order chi connectivity index (χ1) is 10.1. The van der Waals surface area contributed by atoms with E-state index < -0.39 is 5.60 Å². The van der Waals surface area contributed by atoms with Crippen molar-refractivity contribution in [1.82, 2.24) is 10.2 Å². The fraction of sp³-hybridized carbons (Fsp3) is 0.944. The van der Waals surface area contributed by atoms with Gasteiger partial charge in [-0.25, -0.2) is 4.79 Å². The molecule has 0 spiro atoms. The minimum Gasteiger partial charge on any atom is -0.444 e. The zero-order chi connectivity index (χ0) is 16.9. The van der Waals surface area contributed by atoms with Crippen LogP contribution in [-0.4, -0.2) is 41.8 Å². The molecule has 1 aliphatic rings. The highest BCUT2D eigenvalue weighted by molar-refractivity contribution is 5.68. The first-order valence-electron chi connectivity index (χ1n) is 8.80. The van der Waals surface area contributed by atoms with Crippen molar-refractivity contribution in [3.05, 3.63) is 0 Å². The minimum absolute atomic E-state index is 0.197. The van der Waals surface area contributed by atoms with Crippen LogP contribution in [0.1, 0.15) is 73.6 Å². The van der Waals surface area contributed by atoms with Crippen molar-refractivity contribution >= 4 is 6.09 Å². The monoisotopic (exact) mass is 312 g/mol. The van der Waals surface area contributed by atoms with Gasteiger partial charge in [0.2, 0.25) is 0 Å². The summed E-state index contributed by atoms with van der Waals surface area (Å²) in [6.45, 7) is 12.6. The summed E-state index contributed by atoms with van der Waals surface area (Å²) in [6.07, 6.45) is 5.42. The van der Waals surface area contributed by atoms with Gasteiger partial charge in [0.1, 0.15) is 5.60 Å². The number of nitrogens with one attached hydrogen (secondary N) is 1. The van der Waals surface area contributed by atoms with E-state index in [-0.39, 0.29) is 6.09 Å². The number of rotatable bonds is 5. The summed E-state index contributed by atoms with van der Waals surface area (Å²) in [5.41, 5.74) is -0.420. The Kier molecular flexibility index (Phi) is 7.17. The van der Waals surface area contributed by atoms with Crippen molar-refractivity contribution in [2.45, 2.75) is 97.4 Å². The molecule has 4 heteroatoms. The zero-order valence-corrected chi connectivity index (χ0v) is 15.6. The Morgan fingerprint density at radius 2 is 1.73 bits per heavy atom. The molecule has 0 aromatic heterocycles. The fourth-order valence-electron chi connectivity index (χ4n) is 3.29. The van der Waals surface area contributed by atoms with Gasteiger partial charge >= 0.3 is 6.09 Å². The average Bonchev–Trinajstić information content (AvgIpc) is 2.35. The molecular formula is C18H36N2O2. The molecule has 130 valence electrons. The Morgan fingerprint density at radius 1 is 1.18 bits per heavy atom. The SMILES string of the molecule is CC(C)CC(C)NC1CCC(N(C)C(=O)OC(C)(C)C)CC1. The van der Waals surface area contributed by atoms with Crippen LogP contribution in [0.15, 0.2) is 0 Å². The van der Waals surface area contributed by atoms with E-state index >= 15 is 0 Å². The Morgan fingerprint density at radius 3 is 2.18 bits per heavy atom. The molecule has 0 radical (unpaired) electrons. The molecule has 1 unspecified atom stereocenters. The van der Waals surface area contributed by atoms with E-state index in [0.717, 1.165) is 31.6 Å². The van der Waals surface area contributed by atoms with E-state index in [1.165, 1.54) is 6.42 Å². The molecule has 0 aliphatic heterocycles. The molecule has 4 nitrogen and oxygen atoms in total. The van der Waals surface area contributed by atoms with Gasteiger partial charge < -0.3 is 15.0 Å². The van der Waals surface area contributed by atoms with Crippen LogP contribution < -0.4 is 5.32 Å². The van der Waals surface area contributed by atoms with Crippen LogP contribution in [0.4, 0.5) is 4.79 Å². The molecule has 1 atom stereocenters. The average molecular weight is 312 g/mol. The predicted molar refractivity (Wildman–Crippen MR) is 92.1 cm³/mol. The summed E-state index contributed by atoms with van der Waals surface area (Å²) in [4.78, 5) is 13.9. The number of ether oxygens (including phenoxy) is 1. The Hall–Kier alpha value is -0.770. The molecule has 1 fully saturated rings. The van der Waals surface area contributed by atoms with Crippen LogP contribution in [0.25, 0.3) is 0 Å². The lowest BCUT2D eigenvalue weighted by Crippen LogP contribution is -2.46. The number of carbonyl (C=O) groups excluding carboxylic acids is 1. The number of carbonyl (C=O) groups is 1. The molecule has 1 rings (SSSR count). The topological polar surface area (TPSA) is 41.6 Å². The molecule has 22 heavy (non-hydrogen) atoms. The lowest BCUT2D eigenvalue weighted by atomic mass is 9.89. The van der Waals surface area contributed by atoms with Crippen LogP contribution in [0, 0.1) is 5.92 Å². The van der Waals surface area contributed by atoms with E-state index in [4.69, 9.17) is 4.74 Å². The zero-order valence-electron chi connectivity index (χ0n) is 15.6. The number of nitrogens with zero attached hydrogens (tertiary/aromatic N) is 1. The van der Waals surface area contributed by atoms with Gasteiger partial charge in [0.15, 0.2) is 0 Å². The predicted octanol–water partition coefficient (Wildman–Crippen LogP) is 4.19. The third kappa shape index (κ3) is 6.99. The second-order valence-corrected chi connectivity index (χ2v) is 8.29. The van der Waals surface area contributed by atoms with Crippen molar-refractivity contribution in [3.8, 4) is 0 Å². The maximum atomic E-state index is 12.1. The Labute approximate surface area is 137 Å². The summed E-state index contributed by atoms with van der Waals surface area (Å²) < 4.78 is 5.46. The van der Waals surface area contributed by atoms with E-state index in [0.29, 0.717) is 18.1 Å². The fourth-order valence-corrected chi connectivity index (χ4v) is 3.29. The van der Waals surface area contributed by atoms with E-state index in [1.807, 2.05) is 27.8 Å². The van der Waals surface area contributed by atoms with E-state index in [1.54, 1.807) is 4.90 Å². The van der Waals surface area contributed by atoms with Gasteiger partial charge in [-0.05, 0) is 65.7 Å². The van der Waals surface area contributed by atoms with Crippen LogP contribution in [0.2, 0.25) is 0 Å². The molecule has 1 aliphatic carbocycles. The van der Waals surface area contributed by atoms with E-state index in [9.17, 15) is 4.79 Å². The van der Waals surface area contributed by atoms with Gasteiger partial charge in [0.05, 0.1) is 0 Å². The van der Waals surface area contributed by atoms with Crippen LogP contribution >= 0.6 is 0 Å². The van der Waals surface area contributed by atoms with E-state index in [2.05, 4.69) is 26.1 Å². The highest BCUT2D eigenvalue weighted by atomic mass is 16.6. The molecule has 1 saturated carbocycles. The second kappa shape index (κ2) is 8.19. The largest absolute Gasteiger partial charge is 0.444 e. The van der Waals surface area contributed by atoms with Gasteiger partial charge in [-0.1, -0.05) is 13.8 Å². The highest BCUT2D eigenvalue weighted by Gasteiger charge is 2.29. The molecule has 0 heterocycles. The molecule has 1 N–H and O–H groups in total. The Balaban J connectivity index is 2.37. The second-order valence-electron chi connectivity index (χ2n) is 8.29. The summed E-state index contributed by atoms with van der Waals surface area (Å²) in [5, 5.41) is 3.74. The smallest absolute Gasteiger partial charge is 0.410 e. The normalized spacial score (nSPS) is 24.2. The van der Waals surface area contributed by atoms with Crippen LogP contribution in [0.5, 0.6) is 0 Å². The minimum atomic E-state index is -0.420. The molecule has 0 bridgehead atoms. The number of hydrogen-bond donors (Lipinski definition) is 1. The molecule has 0 aromatic carbocycles. The maximum Gasteiger partial charge on any atom is 0.410 e. The molecule has 0 aromatic rings. The van der Waals surface area contributed by atoms with Gasteiger partial charge in [0.25, 0.3) is 0 Å². The lowest BCUT2D eigenvalue weighted by molar-refractivity contribution is 0.0178. The summed E-state index contributed by atoms with van der Waals surface area (Å²) in [6, 6.07) is 1.48. The van der Waals surface area contributed by atoms with Crippen LogP contribution in [-0.2, 0) is 4.74 Å². The Bertz CT molecular complexity index is 341. The van der Waals surface area contributed by atoms with Gasteiger partial charge in [-0.2, -0.15) is 0 Å². The van der Waals surface area contributed by atoms with Crippen molar-refractivity contribution in [1.29, 1.82) is 0 Å². The van der Waals surface area contributed by atoms with Gasteiger partial charge in [-0.15, -0.1) is 0 Å². The summed E-state index contributed by atoms with van der Waals surface area (Å²) in [7, 11) is 1.87. The first-order valence-corrected chi connectivity index (χ1v) is 8.80. The first kappa shape index (κ1) is 19.3. The number of hydrogen-bond acceptors (Lipinski definition) is 3. The standard InChI is InChI=1S/C18H36N2O2/c1-13(2)12-14(3)19-15-8-10-16(11-9-15)20(7)17(21)22-18(4,5)6/h13-16,19H,8-12H2,1-7H3. The summed E-state index contributed by atoms with van der Waals surface area (Å²) in [5.74, 6) is 0.733. The van der Waals surface area contributed by atoms with Gasteiger partial charge in [0, 0.05) is 25.2 Å². The quantitative estimate of drug-likeness (QED) is 0.827. The third-order valence-corrected chi connectivity index (χ3v) is 4.27. The van der Waals surface area contributed by atoms with Crippen LogP contribution in [0.3, 0.4) is 0 Å².